The number of nitrogens with zero attached hydrogens (tertiary/aromatic N) is 2. The predicted octanol–water partition coefficient (Wildman–Crippen LogP) is 3.23. The Balaban J connectivity index is 1.71. The van der Waals surface area contributed by atoms with Crippen LogP contribution in [0, 0.1) is 12.8 Å². The molecule has 0 unspecified atom stereocenters. The van der Waals surface area contributed by atoms with E-state index < -0.39 is 0 Å². The summed E-state index contributed by atoms with van der Waals surface area (Å²) >= 11 is 0. The molecule has 128 valence electrons. The number of benzene rings is 1. The van der Waals surface area contributed by atoms with Gasteiger partial charge in [-0.3, -0.25) is 4.79 Å². The number of methoxy groups -OCH3 is 1. The molecule has 1 aliphatic carbocycles. The van der Waals surface area contributed by atoms with E-state index in [2.05, 4.69) is 54.1 Å². The molecule has 1 aliphatic rings. The Hall–Kier alpha value is -2.07. The lowest BCUT2D eigenvalue weighted by molar-refractivity contribution is -0.133. The molecule has 1 aromatic heterocycles. The maximum atomic E-state index is 12.5. The quantitative estimate of drug-likeness (QED) is 0.746. The number of ether oxygens (including phenoxy) is 1. The van der Waals surface area contributed by atoms with Crippen molar-refractivity contribution < 1.29 is 9.53 Å². The molecule has 1 heterocycles. The van der Waals surface area contributed by atoms with Gasteiger partial charge in [-0.05, 0) is 37.5 Å². The van der Waals surface area contributed by atoms with Crippen LogP contribution in [0.2, 0.25) is 0 Å². The molecule has 2 aromatic rings. The minimum absolute atomic E-state index is 0.238. The summed E-state index contributed by atoms with van der Waals surface area (Å²) < 4.78 is 7.41. The topological polar surface area (TPSA) is 34.5 Å². The predicted molar refractivity (Wildman–Crippen MR) is 94.7 cm³/mol. The lowest BCUT2D eigenvalue weighted by Gasteiger charge is -2.23. The van der Waals surface area contributed by atoms with Crippen molar-refractivity contribution in [3.63, 3.8) is 0 Å². The highest BCUT2D eigenvalue weighted by molar-refractivity contribution is 5.81. The second kappa shape index (κ2) is 7.67. The molecule has 0 saturated heterocycles. The van der Waals surface area contributed by atoms with Crippen molar-refractivity contribution in [3.8, 4) is 0 Å². The van der Waals surface area contributed by atoms with Gasteiger partial charge in [0.2, 0.25) is 5.91 Å². The maximum absolute atomic E-state index is 12.5. The molecular formula is C20H26N2O2. The monoisotopic (exact) mass is 326 g/mol. The van der Waals surface area contributed by atoms with Crippen LogP contribution in [0.25, 0.3) is 0 Å². The molecule has 4 heteroatoms. The molecule has 0 N–H and O–H groups in total. The fraction of sp³-hybridized carbons (Fsp3) is 0.450. The standard InChI is InChI=1S/C20H26N2O2/c1-16-5-3-6-17(13-16)14-21-10-4-7-19(21)15-22(11-12-24-2)20(23)18-8-9-18/h3-7,10,13,18H,8-9,11-12,14-15H2,1-2H3. The van der Waals surface area contributed by atoms with Crippen LogP contribution in [0.1, 0.15) is 29.7 Å². The van der Waals surface area contributed by atoms with Gasteiger partial charge >= 0.3 is 0 Å². The van der Waals surface area contributed by atoms with Crippen LogP contribution in [0.15, 0.2) is 42.6 Å². The third-order valence-electron chi connectivity index (χ3n) is 4.52. The summed E-state index contributed by atoms with van der Waals surface area (Å²) in [7, 11) is 1.68. The minimum Gasteiger partial charge on any atom is -0.383 e. The van der Waals surface area contributed by atoms with E-state index in [0.717, 1.165) is 19.4 Å². The van der Waals surface area contributed by atoms with Crippen LogP contribution in [0.4, 0.5) is 0 Å². The summed E-state index contributed by atoms with van der Waals surface area (Å²) in [6, 6.07) is 12.7. The summed E-state index contributed by atoms with van der Waals surface area (Å²) in [6.07, 6.45) is 4.16. The summed E-state index contributed by atoms with van der Waals surface area (Å²) in [5.74, 6) is 0.511. The molecule has 24 heavy (non-hydrogen) atoms. The molecule has 0 bridgehead atoms. The van der Waals surface area contributed by atoms with Crippen molar-refractivity contribution in [2.24, 2.45) is 5.92 Å². The molecule has 1 saturated carbocycles. The molecule has 1 fully saturated rings. The van der Waals surface area contributed by atoms with Crippen molar-refractivity contribution in [2.45, 2.75) is 32.9 Å². The molecule has 0 radical (unpaired) electrons. The number of carbonyl (C=O) groups is 1. The second-order valence-electron chi connectivity index (χ2n) is 6.64. The zero-order valence-electron chi connectivity index (χ0n) is 14.6. The number of rotatable bonds is 8. The smallest absolute Gasteiger partial charge is 0.226 e. The van der Waals surface area contributed by atoms with Gasteiger partial charge in [-0.15, -0.1) is 0 Å². The van der Waals surface area contributed by atoms with E-state index in [4.69, 9.17) is 4.74 Å². The average molecular weight is 326 g/mol. The highest BCUT2D eigenvalue weighted by Crippen LogP contribution is 2.31. The number of amides is 1. The van der Waals surface area contributed by atoms with Crippen molar-refractivity contribution >= 4 is 5.91 Å². The van der Waals surface area contributed by atoms with E-state index in [1.165, 1.54) is 16.8 Å². The van der Waals surface area contributed by atoms with Gasteiger partial charge in [-0.2, -0.15) is 0 Å². The first-order chi connectivity index (χ1) is 11.7. The third kappa shape index (κ3) is 4.26. The van der Waals surface area contributed by atoms with Crippen LogP contribution in [0.5, 0.6) is 0 Å². The molecule has 1 amide bonds. The van der Waals surface area contributed by atoms with Crippen molar-refractivity contribution in [1.82, 2.24) is 9.47 Å². The minimum atomic E-state index is 0.238. The summed E-state index contributed by atoms with van der Waals surface area (Å²) in [5.41, 5.74) is 3.72. The lowest BCUT2D eigenvalue weighted by Crippen LogP contribution is -2.35. The zero-order chi connectivity index (χ0) is 16.9. The van der Waals surface area contributed by atoms with Crippen LogP contribution in [0.3, 0.4) is 0 Å². The van der Waals surface area contributed by atoms with Crippen molar-refractivity contribution in [2.75, 3.05) is 20.3 Å². The van der Waals surface area contributed by atoms with Gasteiger partial charge in [0.05, 0.1) is 13.2 Å². The fourth-order valence-corrected chi connectivity index (χ4v) is 3.01. The summed E-state index contributed by atoms with van der Waals surface area (Å²) in [5, 5.41) is 0. The van der Waals surface area contributed by atoms with E-state index in [0.29, 0.717) is 19.7 Å². The number of carbonyl (C=O) groups excluding carboxylic acids is 1. The Morgan fingerprint density at radius 2 is 2.12 bits per heavy atom. The van der Waals surface area contributed by atoms with Crippen LogP contribution >= 0.6 is 0 Å². The van der Waals surface area contributed by atoms with Crippen LogP contribution in [-0.4, -0.2) is 35.6 Å². The van der Waals surface area contributed by atoms with Crippen molar-refractivity contribution in [1.29, 1.82) is 0 Å². The van der Waals surface area contributed by atoms with E-state index in [9.17, 15) is 4.79 Å². The molecule has 0 aliphatic heterocycles. The Kier molecular flexibility index (Phi) is 5.36. The highest BCUT2D eigenvalue weighted by Gasteiger charge is 2.33. The zero-order valence-corrected chi connectivity index (χ0v) is 14.6. The fourth-order valence-electron chi connectivity index (χ4n) is 3.01. The molecule has 4 nitrogen and oxygen atoms in total. The molecule has 0 atom stereocenters. The largest absolute Gasteiger partial charge is 0.383 e. The number of aryl methyl sites for hydroxylation is 1. The number of hydrogen-bond acceptors (Lipinski definition) is 2. The van der Waals surface area contributed by atoms with E-state index in [1.807, 2.05) is 4.90 Å². The van der Waals surface area contributed by atoms with Gasteiger partial charge in [0.25, 0.3) is 0 Å². The Morgan fingerprint density at radius 1 is 1.29 bits per heavy atom. The third-order valence-corrected chi connectivity index (χ3v) is 4.52. The summed E-state index contributed by atoms with van der Waals surface area (Å²) in [6.45, 7) is 4.83. The first kappa shape index (κ1) is 16.8. The molecule has 1 aromatic carbocycles. The van der Waals surface area contributed by atoms with Crippen molar-refractivity contribution in [3.05, 3.63) is 59.4 Å². The lowest BCUT2D eigenvalue weighted by atomic mass is 10.1. The van der Waals surface area contributed by atoms with E-state index in [1.54, 1.807) is 7.11 Å². The average Bonchev–Trinajstić information content (AvgIpc) is 3.33. The molecule has 0 spiro atoms. The highest BCUT2D eigenvalue weighted by atomic mass is 16.5. The van der Waals surface area contributed by atoms with Gasteiger partial charge < -0.3 is 14.2 Å². The maximum Gasteiger partial charge on any atom is 0.226 e. The van der Waals surface area contributed by atoms with E-state index >= 15 is 0 Å². The normalized spacial score (nSPS) is 13.9. The molecule has 3 rings (SSSR count). The van der Waals surface area contributed by atoms with Crippen LogP contribution < -0.4 is 0 Å². The van der Waals surface area contributed by atoms with Gasteiger partial charge in [0.1, 0.15) is 0 Å². The SMILES string of the molecule is COCCN(Cc1cccn1Cc1cccc(C)c1)C(=O)C1CC1. The number of aromatic nitrogens is 1. The Bertz CT molecular complexity index is 688. The first-order valence-corrected chi connectivity index (χ1v) is 8.64. The first-order valence-electron chi connectivity index (χ1n) is 8.64. The van der Waals surface area contributed by atoms with E-state index in [-0.39, 0.29) is 11.8 Å². The van der Waals surface area contributed by atoms with Crippen LogP contribution in [-0.2, 0) is 22.6 Å². The summed E-state index contributed by atoms with van der Waals surface area (Å²) in [4.78, 5) is 14.5. The van der Waals surface area contributed by atoms with Gasteiger partial charge in [0.15, 0.2) is 0 Å². The Labute approximate surface area is 144 Å². The number of hydrogen-bond donors (Lipinski definition) is 0. The Morgan fingerprint density at radius 3 is 2.83 bits per heavy atom. The van der Waals surface area contributed by atoms with Gasteiger partial charge in [-0.25, -0.2) is 0 Å². The molecular weight excluding hydrogens is 300 g/mol. The van der Waals surface area contributed by atoms with Gasteiger partial charge in [0, 0.05) is 38.0 Å². The second-order valence-corrected chi connectivity index (χ2v) is 6.64. The van der Waals surface area contributed by atoms with Gasteiger partial charge in [-0.1, -0.05) is 29.8 Å².